The van der Waals surface area contributed by atoms with Gasteiger partial charge in [-0.3, -0.25) is 5.32 Å². The molecule has 2 aromatic carbocycles. The van der Waals surface area contributed by atoms with Crippen LogP contribution < -0.4 is 20.7 Å². The van der Waals surface area contributed by atoms with Gasteiger partial charge in [0.15, 0.2) is 5.82 Å². The third kappa shape index (κ3) is 5.85. The molecule has 164 valence electrons. The molecule has 0 spiro atoms. The van der Waals surface area contributed by atoms with Crippen molar-refractivity contribution in [2.75, 3.05) is 30.9 Å². The van der Waals surface area contributed by atoms with Gasteiger partial charge in [0.25, 0.3) is 0 Å². The van der Waals surface area contributed by atoms with E-state index in [0.29, 0.717) is 23.4 Å². The first kappa shape index (κ1) is 22.8. The molecule has 0 radical (unpaired) electrons. The van der Waals surface area contributed by atoms with E-state index in [1.165, 1.54) is 0 Å². The molecule has 0 aliphatic rings. The Bertz CT molecular complexity index is 1020. The highest BCUT2D eigenvalue weighted by Crippen LogP contribution is 2.31. The lowest BCUT2D eigenvalue weighted by Crippen LogP contribution is -2.23. The second-order valence-electron chi connectivity index (χ2n) is 6.83. The van der Waals surface area contributed by atoms with Crippen molar-refractivity contribution in [3.8, 4) is 5.75 Å². The summed E-state index contributed by atoms with van der Waals surface area (Å²) in [6.45, 7) is 7.34. The monoisotopic (exact) mass is 441 g/mol. The van der Waals surface area contributed by atoms with Gasteiger partial charge in [-0.05, 0) is 44.2 Å². The average Bonchev–Trinajstić information content (AvgIpc) is 2.77. The minimum Gasteiger partial charge on any atom is -0.492 e. The molecule has 1 aromatic heterocycles. The van der Waals surface area contributed by atoms with E-state index in [9.17, 15) is 0 Å². The summed E-state index contributed by atoms with van der Waals surface area (Å²) in [6, 6.07) is 13.8. The van der Waals surface area contributed by atoms with Gasteiger partial charge in [-0.25, -0.2) is 4.98 Å². The van der Waals surface area contributed by atoms with Crippen LogP contribution in [0.25, 0.3) is 0 Å². The molecule has 0 amide bonds. The first-order valence-corrected chi connectivity index (χ1v) is 10.6. The van der Waals surface area contributed by atoms with Crippen LogP contribution in [0.15, 0.2) is 48.7 Å². The van der Waals surface area contributed by atoms with Gasteiger partial charge in [-0.1, -0.05) is 42.8 Å². The SMILES string of the molecule is CCNC(OC)c1ccccc1Nc1nc(Nc2ccc(C)cc2OCC)ncc1Cl. The van der Waals surface area contributed by atoms with Gasteiger partial charge < -0.3 is 20.1 Å². The molecule has 1 atom stereocenters. The number of benzene rings is 2. The number of hydrogen-bond acceptors (Lipinski definition) is 7. The number of halogens is 1. The standard InChI is InChI=1S/C23H28ClN5O2/c1-5-25-22(30-4)16-9-7-8-10-18(16)27-21-17(24)14-26-23(29-21)28-19-12-11-15(3)13-20(19)31-6-2/h7-14,22,25H,5-6H2,1-4H3,(H2,26,27,28,29). The minimum absolute atomic E-state index is 0.256. The largest absolute Gasteiger partial charge is 0.492 e. The second kappa shape index (κ2) is 10.9. The third-order valence-electron chi connectivity index (χ3n) is 4.55. The van der Waals surface area contributed by atoms with Gasteiger partial charge in [0, 0.05) is 18.4 Å². The van der Waals surface area contributed by atoms with Crippen LogP contribution in [0, 0.1) is 6.92 Å². The van der Waals surface area contributed by atoms with Crippen LogP contribution in [0.2, 0.25) is 5.02 Å². The summed E-state index contributed by atoms with van der Waals surface area (Å²) in [6.07, 6.45) is 1.31. The lowest BCUT2D eigenvalue weighted by Gasteiger charge is -2.20. The van der Waals surface area contributed by atoms with Crippen molar-refractivity contribution in [2.45, 2.75) is 27.0 Å². The molecule has 0 bridgehead atoms. The van der Waals surface area contributed by atoms with E-state index in [0.717, 1.165) is 34.8 Å². The number of aromatic nitrogens is 2. The number of nitrogens with one attached hydrogen (secondary N) is 3. The average molecular weight is 442 g/mol. The Balaban J connectivity index is 1.88. The van der Waals surface area contributed by atoms with E-state index in [1.54, 1.807) is 13.3 Å². The normalized spacial score (nSPS) is 11.8. The highest BCUT2D eigenvalue weighted by Gasteiger charge is 2.15. The topological polar surface area (TPSA) is 80.3 Å². The van der Waals surface area contributed by atoms with Crippen molar-refractivity contribution >= 4 is 34.7 Å². The maximum Gasteiger partial charge on any atom is 0.229 e. The smallest absolute Gasteiger partial charge is 0.229 e. The van der Waals surface area contributed by atoms with Crippen LogP contribution in [0.5, 0.6) is 5.75 Å². The van der Waals surface area contributed by atoms with Gasteiger partial charge in [-0.15, -0.1) is 0 Å². The number of anilines is 4. The van der Waals surface area contributed by atoms with E-state index >= 15 is 0 Å². The van der Waals surface area contributed by atoms with Crippen molar-refractivity contribution < 1.29 is 9.47 Å². The van der Waals surface area contributed by atoms with Crippen LogP contribution in [-0.4, -0.2) is 30.2 Å². The number of aryl methyl sites for hydroxylation is 1. The van der Waals surface area contributed by atoms with Gasteiger partial charge in [0.2, 0.25) is 5.95 Å². The molecule has 8 heteroatoms. The number of rotatable bonds is 10. The minimum atomic E-state index is -0.256. The van der Waals surface area contributed by atoms with E-state index in [4.69, 9.17) is 21.1 Å². The highest BCUT2D eigenvalue weighted by atomic mass is 35.5. The number of methoxy groups -OCH3 is 1. The molecule has 0 aliphatic carbocycles. The molecule has 0 aliphatic heterocycles. The third-order valence-corrected chi connectivity index (χ3v) is 4.83. The Morgan fingerprint density at radius 1 is 1.06 bits per heavy atom. The fourth-order valence-corrected chi connectivity index (χ4v) is 3.25. The molecule has 3 N–H and O–H groups in total. The molecule has 3 rings (SSSR count). The van der Waals surface area contributed by atoms with Crippen LogP contribution in [-0.2, 0) is 4.74 Å². The molecule has 1 heterocycles. The molecule has 0 saturated heterocycles. The summed E-state index contributed by atoms with van der Waals surface area (Å²) < 4.78 is 11.3. The molecule has 31 heavy (non-hydrogen) atoms. The van der Waals surface area contributed by atoms with E-state index in [1.807, 2.05) is 63.2 Å². The highest BCUT2D eigenvalue weighted by molar-refractivity contribution is 6.32. The number of ether oxygens (including phenoxy) is 2. The lowest BCUT2D eigenvalue weighted by atomic mass is 10.1. The van der Waals surface area contributed by atoms with Gasteiger partial charge in [0.1, 0.15) is 17.0 Å². The summed E-state index contributed by atoms with van der Waals surface area (Å²) in [5.74, 6) is 1.64. The van der Waals surface area contributed by atoms with Crippen molar-refractivity contribution in [3.63, 3.8) is 0 Å². The Morgan fingerprint density at radius 3 is 2.61 bits per heavy atom. The maximum atomic E-state index is 6.39. The summed E-state index contributed by atoms with van der Waals surface area (Å²) in [4.78, 5) is 8.89. The van der Waals surface area contributed by atoms with Gasteiger partial charge in [0.05, 0.1) is 18.5 Å². The predicted octanol–water partition coefficient (Wildman–Crippen LogP) is 5.58. The first-order chi connectivity index (χ1) is 15.0. The Labute approximate surface area is 188 Å². The zero-order valence-electron chi connectivity index (χ0n) is 18.2. The lowest BCUT2D eigenvalue weighted by molar-refractivity contribution is 0.0760. The van der Waals surface area contributed by atoms with Gasteiger partial charge >= 0.3 is 0 Å². The van der Waals surface area contributed by atoms with E-state index in [2.05, 4.69) is 25.9 Å². The fraction of sp³-hybridized carbons (Fsp3) is 0.304. The van der Waals surface area contributed by atoms with Crippen LogP contribution >= 0.6 is 11.6 Å². The fourth-order valence-electron chi connectivity index (χ4n) is 3.12. The second-order valence-corrected chi connectivity index (χ2v) is 7.24. The molecule has 0 saturated carbocycles. The summed E-state index contributed by atoms with van der Waals surface area (Å²) in [7, 11) is 1.67. The Kier molecular flexibility index (Phi) is 8.06. The molecule has 3 aromatic rings. The van der Waals surface area contributed by atoms with E-state index < -0.39 is 0 Å². The quantitative estimate of drug-likeness (QED) is 0.354. The van der Waals surface area contributed by atoms with Crippen molar-refractivity contribution in [1.29, 1.82) is 0 Å². The summed E-state index contributed by atoms with van der Waals surface area (Å²) >= 11 is 6.39. The van der Waals surface area contributed by atoms with Crippen LogP contribution in [0.1, 0.15) is 31.2 Å². The van der Waals surface area contributed by atoms with Crippen molar-refractivity contribution in [2.24, 2.45) is 0 Å². The number of hydrogen-bond donors (Lipinski definition) is 3. The van der Waals surface area contributed by atoms with Crippen molar-refractivity contribution in [3.05, 3.63) is 64.8 Å². The van der Waals surface area contributed by atoms with Crippen LogP contribution in [0.3, 0.4) is 0 Å². The number of nitrogens with zero attached hydrogens (tertiary/aromatic N) is 2. The van der Waals surface area contributed by atoms with Crippen molar-refractivity contribution in [1.82, 2.24) is 15.3 Å². The molecule has 0 fully saturated rings. The zero-order chi connectivity index (χ0) is 22.2. The molecular formula is C23H28ClN5O2. The molecule has 7 nitrogen and oxygen atoms in total. The Hall–Kier alpha value is -2.87. The Morgan fingerprint density at radius 2 is 1.87 bits per heavy atom. The zero-order valence-corrected chi connectivity index (χ0v) is 19.0. The van der Waals surface area contributed by atoms with Gasteiger partial charge in [-0.2, -0.15) is 4.98 Å². The molecular weight excluding hydrogens is 414 g/mol. The molecule has 1 unspecified atom stereocenters. The maximum absolute atomic E-state index is 6.39. The number of para-hydroxylation sites is 1. The summed E-state index contributed by atoms with van der Waals surface area (Å²) in [5.41, 5.74) is 3.69. The first-order valence-electron chi connectivity index (χ1n) is 10.2. The predicted molar refractivity (Wildman–Crippen MR) is 126 cm³/mol. The summed E-state index contributed by atoms with van der Waals surface area (Å²) in [5, 5.41) is 10.2. The van der Waals surface area contributed by atoms with Crippen LogP contribution in [0.4, 0.5) is 23.1 Å². The van der Waals surface area contributed by atoms with E-state index in [-0.39, 0.29) is 6.23 Å².